The van der Waals surface area contributed by atoms with Crippen molar-refractivity contribution in [2.24, 2.45) is 5.73 Å². The van der Waals surface area contributed by atoms with Gasteiger partial charge in [-0.05, 0) is 57.8 Å². The molecule has 0 unspecified atom stereocenters. The summed E-state index contributed by atoms with van der Waals surface area (Å²) in [5.41, 5.74) is 7.88. The van der Waals surface area contributed by atoms with Crippen LogP contribution in [0, 0.1) is 0 Å². The lowest BCUT2D eigenvalue weighted by molar-refractivity contribution is 0.183. The van der Waals surface area contributed by atoms with Crippen molar-refractivity contribution in [3.63, 3.8) is 0 Å². The predicted molar refractivity (Wildman–Crippen MR) is 158 cm³/mol. The fraction of sp³-hybridized carbons (Fsp3) is 0.769. The summed E-state index contributed by atoms with van der Waals surface area (Å²) in [5.74, 6) is 1.48. The van der Waals surface area contributed by atoms with Gasteiger partial charge in [0, 0.05) is 43.8 Å². The molecule has 2 saturated carbocycles. The number of carbonyl (C=O) groups is 1. The van der Waals surface area contributed by atoms with E-state index in [4.69, 9.17) is 20.7 Å². The number of rotatable bonds is 8. The number of carbonyl (C=O) groups excluding carboxylic acids is 1. The Morgan fingerprint density at radius 3 is 2.34 bits per heavy atom. The average Bonchev–Trinajstić information content (AvgIpc) is 3.56. The molecule has 0 radical (unpaired) electrons. The number of halogens is 2. The zero-order chi connectivity index (χ0) is 24.9. The summed E-state index contributed by atoms with van der Waals surface area (Å²) in [4.78, 5) is 29.0. The van der Waals surface area contributed by atoms with Gasteiger partial charge in [-0.15, -0.1) is 24.8 Å². The molecule has 3 aliphatic rings. The van der Waals surface area contributed by atoms with Gasteiger partial charge in [0.05, 0.1) is 6.33 Å². The number of hydrogen-bond acceptors (Lipinski definition) is 7. The van der Waals surface area contributed by atoms with Crippen LogP contribution in [-0.4, -0.2) is 68.2 Å². The van der Waals surface area contributed by atoms with Gasteiger partial charge in [0.25, 0.3) is 0 Å². The van der Waals surface area contributed by atoms with Crippen molar-refractivity contribution in [1.82, 2.24) is 29.7 Å². The maximum atomic E-state index is 12.4. The van der Waals surface area contributed by atoms with Crippen molar-refractivity contribution < 1.29 is 4.79 Å². The Kier molecular flexibility index (Phi) is 11.5. The number of hydrogen-bond donors (Lipinski definition) is 4. The van der Waals surface area contributed by atoms with E-state index < -0.39 is 0 Å². The average molecular weight is 571 g/mol. The number of piperidine rings is 1. The van der Waals surface area contributed by atoms with Gasteiger partial charge in [0.1, 0.15) is 0 Å². The molecule has 0 atom stereocenters. The van der Waals surface area contributed by atoms with E-state index >= 15 is 0 Å². The number of anilines is 2. The first-order valence-electron chi connectivity index (χ1n) is 14.2. The Bertz CT molecular complexity index is 1010. The van der Waals surface area contributed by atoms with Gasteiger partial charge in [-0.3, -0.25) is 0 Å². The first-order valence-corrected chi connectivity index (χ1v) is 14.2. The Morgan fingerprint density at radius 2 is 1.66 bits per heavy atom. The van der Waals surface area contributed by atoms with Crippen molar-refractivity contribution in [3.05, 3.63) is 6.33 Å². The van der Waals surface area contributed by atoms with Crippen molar-refractivity contribution in [1.29, 1.82) is 0 Å². The minimum absolute atomic E-state index is 0. The molecular weight excluding hydrogens is 525 g/mol. The van der Waals surface area contributed by atoms with Crippen LogP contribution < -0.4 is 21.7 Å². The van der Waals surface area contributed by atoms with Gasteiger partial charge in [0.2, 0.25) is 5.95 Å². The second-order valence-corrected chi connectivity index (χ2v) is 10.9. The molecular formula is C26H45Cl2N9O. The standard InChI is InChI=1S/C26H43N9O.2ClH/c1-2-3-14-28-26(36)34-15-12-20(13-16-34)30-23-22-24(35(17-29-22)21-6-4-5-7-21)33-25(32-23)31-19-10-8-18(27)9-11-19;;/h17-21H,2-16,27H2,1H3,(H,28,36)(H2,30,31,32,33);2*1H. The van der Waals surface area contributed by atoms with Crippen LogP contribution in [0.5, 0.6) is 0 Å². The van der Waals surface area contributed by atoms with Crippen LogP contribution in [-0.2, 0) is 0 Å². The fourth-order valence-corrected chi connectivity index (χ4v) is 5.88. The largest absolute Gasteiger partial charge is 0.365 e. The molecule has 0 spiro atoms. The molecule has 214 valence electrons. The third kappa shape index (κ3) is 7.33. The predicted octanol–water partition coefficient (Wildman–Crippen LogP) is 4.85. The number of likely N-dealkylation sites (tertiary alicyclic amines) is 1. The van der Waals surface area contributed by atoms with Crippen molar-refractivity contribution >= 4 is 53.8 Å². The van der Waals surface area contributed by atoms with Crippen LogP contribution in [0.25, 0.3) is 11.2 Å². The number of urea groups is 1. The second-order valence-electron chi connectivity index (χ2n) is 10.9. The molecule has 0 bridgehead atoms. The SMILES string of the molecule is CCCCNC(=O)N1CCC(Nc2nc(NC3CCC(N)CC3)nc3c2ncn3C2CCCC2)CC1.Cl.Cl. The summed E-state index contributed by atoms with van der Waals surface area (Å²) < 4.78 is 2.26. The number of imidazole rings is 1. The van der Waals surface area contributed by atoms with Gasteiger partial charge >= 0.3 is 6.03 Å². The molecule has 2 aliphatic carbocycles. The van der Waals surface area contributed by atoms with E-state index in [1.807, 2.05) is 11.2 Å². The Balaban J connectivity index is 0.00000200. The van der Waals surface area contributed by atoms with E-state index in [0.717, 1.165) is 88.0 Å². The van der Waals surface area contributed by atoms with Gasteiger partial charge in [-0.25, -0.2) is 9.78 Å². The number of aromatic nitrogens is 4. The maximum absolute atomic E-state index is 12.4. The van der Waals surface area contributed by atoms with Gasteiger partial charge in [0.15, 0.2) is 17.0 Å². The third-order valence-electron chi connectivity index (χ3n) is 8.17. The Hall–Kier alpha value is -2.04. The minimum Gasteiger partial charge on any atom is -0.365 e. The molecule has 3 heterocycles. The van der Waals surface area contributed by atoms with Crippen LogP contribution in [0.3, 0.4) is 0 Å². The van der Waals surface area contributed by atoms with E-state index in [9.17, 15) is 4.79 Å². The number of nitrogens with zero attached hydrogens (tertiary/aromatic N) is 5. The summed E-state index contributed by atoms with van der Waals surface area (Å²) in [6.45, 7) is 4.37. The second kappa shape index (κ2) is 14.4. The lowest BCUT2D eigenvalue weighted by Gasteiger charge is -2.32. The Labute approximate surface area is 238 Å². The molecule has 2 aromatic rings. The molecule has 2 aromatic heterocycles. The third-order valence-corrected chi connectivity index (χ3v) is 8.17. The van der Waals surface area contributed by atoms with Crippen molar-refractivity contribution in [2.75, 3.05) is 30.3 Å². The highest BCUT2D eigenvalue weighted by Gasteiger charge is 2.27. The van der Waals surface area contributed by atoms with E-state index in [1.54, 1.807) is 0 Å². The highest BCUT2D eigenvalue weighted by molar-refractivity contribution is 5.86. The highest BCUT2D eigenvalue weighted by Crippen LogP contribution is 2.33. The lowest BCUT2D eigenvalue weighted by atomic mass is 9.92. The van der Waals surface area contributed by atoms with Crippen LogP contribution in [0.2, 0.25) is 0 Å². The minimum atomic E-state index is 0. The van der Waals surface area contributed by atoms with E-state index in [-0.39, 0.29) is 36.9 Å². The van der Waals surface area contributed by atoms with E-state index in [0.29, 0.717) is 24.1 Å². The molecule has 12 heteroatoms. The van der Waals surface area contributed by atoms with Gasteiger partial charge in [-0.1, -0.05) is 26.2 Å². The molecule has 5 rings (SSSR count). The number of unbranched alkanes of at least 4 members (excludes halogenated alkanes) is 1. The summed E-state index contributed by atoms with van der Waals surface area (Å²) in [6.07, 6.45) is 14.9. The zero-order valence-electron chi connectivity index (χ0n) is 22.5. The smallest absolute Gasteiger partial charge is 0.317 e. The first kappa shape index (κ1) is 30.5. The molecule has 1 aliphatic heterocycles. The van der Waals surface area contributed by atoms with Crippen LogP contribution >= 0.6 is 24.8 Å². The van der Waals surface area contributed by atoms with Crippen LogP contribution in [0.15, 0.2) is 6.33 Å². The van der Waals surface area contributed by atoms with Crippen molar-refractivity contribution in [3.8, 4) is 0 Å². The number of fused-ring (bicyclic) bond motifs is 1. The van der Waals surface area contributed by atoms with Crippen molar-refractivity contribution in [2.45, 2.75) is 108 Å². The maximum Gasteiger partial charge on any atom is 0.317 e. The molecule has 2 amide bonds. The van der Waals surface area contributed by atoms with Gasteiger partial charge in [-0.2, -0.15) is 9.97 Å². The van der Waals surface area contributed by atoms with E-state index in [2.05, 4.69) is 27.4 Å². The molecule has 10 nitrogen and oxygen atoms in total. The topological polar surface area (TPSA) is 126 Å². The highest BCUT2D eigenvalue weighted by atomic mass is 35.5. The van der Waals surface area contributed by atoms with Gasteiger partial charge < -0.3 is 31.2 Å². The quantitative estimate of drug-likeness (QED) is 0.334. The first-order chi connectivity index (χ1) is 17.6. The number of amides is 2. The molecule has 5 N–H and O–H groups in total. The number of nitrogens with two attached hydrogens (primary N) is 1. The summed E-state index contributed by atoms with van der Waals surface area (Å²) in [7, 11) is 0. The normalized spacial score (nSPS) is 22.5. The van der Waals surface area contributed by atoms with E-state index in [1.165, 1.54) is 25.7 Å². The summed E-state index contributed by atoms with van der Waals surface area (Å²) >= 11 is 0. The monoisotopic (exact) mass is 569 g/mol. The molecule has 0 aromatic carbocycles. The molecule has 1 saturated heterocycles. The summed E-state index contributed by atoms with van der Waals surface area (Å²) in [6, 6.07) is 1.44. The Morgan fingerprint density at radius 1 is 0.974 bits per heavy atom. The molecule has 38 heavy (non-hydrogen) atoms. The van der Waals surface area contributed by atoms with Crippen LogP contribution in [0.4, 0.5) is 16.6 Å². The fourth-order valence-electron chi connectivity index (χ4n) is 5.88. The zero-order valence-corrected chi connectivity index (χ0v) is 24.2. The lowest BCUT2D eigenvalue weighted by Crippen LogP contribution is -2.47. The van der Waals surface area contributed by atoms with Crippen LogP contribution in [0.1, 0.15) is 90.0 Å². The number of nitrogens with one attached hydrogen (secondary N) is 3. The molecule has 3 fully saturated rings. The summed E-state index contributed by atoms with van der Waals surface area (Å²) in [5, 5.41) is 10.3.